The number of benzene rings is 1. The monoisotopic (exact) mass is 406 g/mol. The maximum atomic E-state index is 13.5. The molecular formula is C15H16ClFN2O6S. The van der Waals surface area contributed by atoms with Crippen LogP contribution in [0.2, 0.25) is 5.02 Å². The number of amides is 2. The van der Waals surface area contributed by atoms with Crippen LogP contribution in [0, 0.1) is 11.7 Å². The molecule has 0 spiro atoms. The number of rotatable bonds is 5. The Morgan fingerprint density at radius 3 is 2.54 bits per heavy atom. The van der Waals surface area contributed by atoms with Gasteiger partial charge in [0, 0.05) is 11.4 Å². The van der Waals surface area contributed by atoms with Gasteiger partial charge in [0.25, 0.3) is 5.91 Å². The van der Waals surface area contributed by atoms with Gasteiger partial charge in [0.15, 0.2) is 16.4 Å². The van der Waals surface area contributed by atoms with Gasteiger partial charge in [-0.15, -0.1) is 0 Å². The molecule has 0 radical (unpaired) electrons. The van der Waals surface area contributed by atoms with E-state index in [4.69, 9.17) is 11.6 Å². The third kappa shape index (κ3) is 5.95. The lowest BCUT2D eigenvalue weighted by atomic mass is 10.1. The second kappa shape index (κ2) is 8.45. The van der Waals surface area contributed by atoms with Gasteiger partial charge in [-0.3, -0.25) is 20.4 Å². The van der Waals surface area contributed by atoms with Crippen LogP contribution < -0.4 is 10.9 Å². The number of hydrogen-bond acceptors (Lipinski definition) is 6. The van der Waals surface area contributed by atoms with Gasteiger partial charge in [-0.1, -0.05) is 11.6 Å². The van der Waals surface area contributed by atoms with E-state index in [2.05, 4.69) is 10.2 Å². The van der Waals surface area contributed by atoms with E-state index in [-0.39, 0.29) is 34.4 Å². The van der Waals surface area contributed by atoms with Crippen molar-refractivity contribution in [1.29, 1.82) is 0 Å². The average Bonchev–Trinajstić information content (AvgIpc) is 2.89. The topological polar surface area (TPSA) is 119 Å². The van der Waals surface area contributed by atoms with Crippen molar-refractivity contribution in [3.63, 3.8) is 0 Å². The molecule has 0 saturated carbocycles. The molecule has 1 aromatic rings. The summed E-state index contributed by atoms with van der Waals surface area (Å²) in [5.74, 6) is -3.63. The number of carbonyl (C=O) groups excluding carboxylic acids is 3. The first-order valence-electron chi connectivity index (χ1n) is 7.56. The molecule has 2 N–H and O–H groups in total. The second-order valence-corrected chi connectivity index (χ2v) is 8.43. The lowest BCUT2D eigenvalue weighted by Gasteiger charge is -2.10. The lowest BCUT2D eigenvalue weighted by molar-refractivity contribution is -0.131. The molecule has 0 aromatic heterocycles. The highest BCUT2D eigenvalue weighted by molar-refractivity contribution is 7.91. The van der Waals surface area contributed by atoms with E-state index in [1.54, 1.807) is 0 Å². The van der Waals surface area contributed by atoms with Crippen LogP contribution in [0.25, 0.3) is 0 Å². The van der Waals surface area contributed by atoms with E-state index in [1.807, 2.05) is 5.43 Å². The summed E-state index contributed by atoms with van der Waals surface area (Å²) in [6, 6.07) is 3.35. The molecule has 1 aromatic carbocycles. The van der Waals surface area contributed by atoms with Gasteiger partial charge in [-0.2, -0.15) is 0 Å². The molecule has 1 saturated heterocycles. The van der Waals surface area contributed by atoms with E-state index < -0.39 is 40.0 Å². The SMILES string of the molecule is O=C(COC(=O)c1ccc(Cl)cc1F)NNC(=O)C[C@H]1CCS(=O)(=O)C1. The highest BCUT2D eigenvalue weighted by Crippen LogP contribution is 2.21. The van der Waals surface area contributed by atoms with Gasteiger partial charge in [-0.25, -0.2) is 17.6 Å². The summed E-state index contributed by atoms with van der Waals surface area (Å²) >= 11 is 5.57. The Hall–Kier alpha value is -2.20. The Morgan fingerprint density at radius 2 is 1.92 bits per heavy atom. The minimum absolute atomic E-state index is 0.0463. The molecule has 8 nitrogen and oxygen atoms in total. The zero-order valence-corrected chi connectivity index (χ0v) is 15.0. The first-order valence-corrected chi connectivity index (χ1v) is 9.76. The van der Waals surface area contributed by atoms with Crippen LogP contribution in [0.5, 0.6) is 0 Å². The maximum absolute atomic E-state index is 13.5. The number of nitrogens with one attached hydrogen (secondary N) is 2. The summed E-state index contributed by atoms with van der Waals surface area (Å²) in [5, 5.41) is 0.106. The summed E-state index contributed by atoms with van der Waals surface area (Å²) in [5.41, 5.74) is 3.75. The highest BCUT2D eigenvalue weighted by atomic mass is 35.5. The highest BCUT2D eigenvalue weighted by Gasteiger charge is 2.29. The molecule has 1 fully saturated rings. The first kappa shape index (κ1) is 20.1. The van der Waals surface area contributed by atoms with Crippen molar-refractivity contribution in [3.8, 4) is 0 Å². The quantitative estimate of drug-likeness (QED) is 0.546. The normalized spacial score (nSPS) is 18.2. The molecule has 1 heterocycles. The molecule has 11 heteroatoms. The Labute approximate surface area is 153 Å². The molecular weight excluding hydrogens is 391 g/mol. The predicted molar refractivity (Wildman–Crippen MR) is 89.4 cm³/mol. The molecule has 2 rings (SSSR count). The number of carbonyl (C=O) groups is 3. The fraction of sp³-hybridized carbons (Fsp3) is 0.400. The van der Waals surface area contributed by atoms with Crippen LogP contribution in [-0.2, 0) is 24.2 Å². The van der Waals surface area contributed by atoms with Gasteiger partial charge < -0.3 is 4.74 Å². The van der Waals surface area contributed by atoms with Crippen molar-refractivity contribution in [2.24, 2.45) is 5.92 Å². The van der Waals surface area contributed by atoms with Crippen LogP contribution >= 0.6 is 11.6 Å². The van der Waals surface area contributed by atoms with Gasteiger partial charge in [0.05, 0.1) is 17.1 Å². The van der Waals surface area contributed by atoms with Crippen molar-refractivity contribution in [1.82, 2.24) is 10.9 Å². The minimum atomic E-state index is -3.09. The van der Waals surface area contributed by atoms with E-state index in [0.717, 1.165) is 12.1 Å². The van der Waals surface area contributed by atoms with E-state index in [1.165, 1.54) is 6.07 Å². The van der Waals surface area contributed by atoms with Crippen LogP contribution in [-0.4, -0.2) is 44.3 Å². The van der Waals surface area contributed by atoms with Gasteiger partial charge >= 0.3 is 5.97 Å². The number of hydrogen-bond donors (Lipinski definition) is 2. The van der Waals surface area contributed by atoms with Crippen LogP contribution in [0.4, 0.5) is 4.39 Å². The number of ether oxygens (including phenoxy) is 1. The number of sulfone groups is 1. The van der Waals surface area contributed by atoms with Crippen LogP contribution in [0.15, 0.2) is 18.2 Å². The molecule has 1 aliphatic heterocycles. The minimum Gasteiger partial charge on any atom is -0.452 e. The van der Waals surface area contributed by atoms with Crippen molar-refractivity contribution < 1.29 is 31.9 Å². The number of hydrazine groups is 1. The first-order chi connectivity index (χ1) is 12.2. The fourth-order valence-electron chi connectivity index (χ4n) is 2.39. The summed E-state index contributed by atoms with van der Waals surface area (Å²) < 4.78 is 40.8. The van der Waals surface area contributed by atoms with Crippen LogP contribution in [0.3, 0.4) is 0 Å². The number of halogens is 2. The molecule has 2 amide bonds. The molecule has 0 bridgehead atoms. The van der Waals surface area contributed by atoms with Crippen LogP contribution in [0.1, 0.15) is 23.2 Å². The number of esters is 1. The Morgan fingerprint density at radius 1 is 1.23 bits per heavy atom. The third-order valence-corrected chi connectivity index (χ3v) is 5.70. The average molecular weight is 407 g/mol. The summed E-state index contributed by atoms with van der Waals surface area (Å²) in [6.45, 7) is -0.737. The summed E-state index contributed by atoms with van der Waals surface area (Å²) in [6.07, 6.45) is 0.350. The largest absolute Gasteiger partial charge is 0.452 e. The molecule has 1 atom stereocenters. The Kier molecular flexibility index (Phi) is 6.54. The molecule has 0 unspecified atom stereocenters. The van der Waals surface area contributed by atoms with E-state index >= 15 is 0 Å². The van der Waals surface area contributed by atoms with Gasteiger partial charge in [-0.05, 0) is 30.5 Å². The zero-order chi connectivity index (χ0) is 19.3. The molecule has 0 aliphatic carbocycles. The summed E-state index contributed by atoms with van der Waals surface area (Å²) in [4.78, 5) is 34.9. The fourth-order valence-corrected chi connectivity index (χ4v) is 4.41. The van der Waals surface area contributed by atoms with Crippen molar-refractivity contribution in [3.05, 3.63) is 34.6 Å². The molecule has 1 aliphatic rings. The zero-order valence-electron chi connectivity index (χ0n) is 13.5. The smallest absolute Gasteiger partial charge is 0.341 e. The van der Waals surface area contributed by atoms with Crippen molar-refractivity contribution in [2.45, 2.75) is 12.8 Å². The van der Waals surface area contributed by atoms with E-state index in [0.29, 0.717) is 6.42 Å². The summed E-state index contributed by atoms with van der Waals surface area (Å²) in [7, 11) is -3.09. The van der Waals surface area contributed by atoms with Crippen molar-refractivity contribution in [2.75, 3.05) is 18.1 Å². The van der Waals surface area contributed by atoms with Gasteiger partial charge in [0.2, 0.25) is 5.91 Å². The Balaban J connectivity index is 1.71. The third-order valence-electron chi connectivity index (χ3n) is 3.63. The van der Waals surface area contributed by atoms with Gasteiger partial charge in [0.1, 0.15) is 5.82 Å². The molecule has 142 valence electrons. The van der Waals surface area contributed by atoms with E-state index in [9.17, 15) is 27.2 Å². The lowest BCUT2D eigenvalue weighted by Crippen LogP contribution is -2.44. The standard InChI is InChI=1S/C15H16ClFN2O6S/c16-10-1-2-11(12(17)6-10)15(22)25-7-14(21)19-18-13(20)5-9-3-4-26(23,24)8-9/h1-2,6,9H,3-5,7-8H2,(H,18,20)(H,19,21)/t9-/m1/s1. The maximum Gasteiger partial charge on any atom is 0.341 e. The van der Waals surface area contributed by atoms with Crippen molar-refractivity contribution >= 4 is 39.2 Å². The predicted octanol–water partition coefficient (Wildman–Crippen LogP) is 0.608. The second-order valence-electron chi connectivity index (χ2n) is 5.77. The molecule has 26 heavy (non-hydrogen) atoms. The Bertz CT molecular complexity index is 829.